The molecule has 0 aliphatic rings. The highest BCUT2D eigenvalue weighted by molar-refractivity contribution is 7.18. The molecule has 0 amide bonds. The summed E-state index contributed by atoms with van der Waals surface area (Å²) in [4.78, 5) is 11.1. The molecule has 0 radical (unpaired) electrons. The van der Waals surface area contributed by atoms with E-state index < -0.39 is 0 Å². The topological polar surface area (TPSA) is 52.1 Å². The number of aromatic nitrogens is 2. The fourth-order valence-electron chi connectivity index (χ4n) is 2.95. The lowest BCUT2D eigenvalue weighted by Crippen LogP contribution is -1.72. The summed E-state index contributed by atoms with van der Waals surface area (Å²) in [6.07, 6.45) is 0. The average Bonchev–Trinajstić information content (AvgIpc) is 3.32. The highest BCUT2D eigenvalue weighted by atomic mass is 32.1. The van der Waals surface area contributed by atoms with Crippen LogP contribution >= 0.6 is 11.3 Å². The molecule has 3 heterocycles. The molecule has 0 aliphatic carbocycles. The van der Waals surface area contributed by atoms with Crippen LogP contribution in [0.3, 0.4) is 0 Å². The summed E-state index contributed by atoms with van der Waals surface area (Å²) in [5, 5.41) is 0. The minimum atomic E-state index is 0.632. The SMILES string of the molecule is Cc1cccc2nc(-c3ccc(-c4nc5cccc(C)c5o4)s3)oc12. The lowest BCUT2D eigenvalue weighted by molar-refractivity contribution is 0.619. The maximum Gasteiger partial charge on any atom is 0.237 e. The number of aryl methyl sites for hydroxylation is 2. The van der Waals surface area contributed by atoms with Gasteiger partial charge in [-0.1, -0.05) is 24.3 Å². The Hall–Kier alpha value is -2.92. The minimum Gasteiger partial charge on any atom is -0.435 e. The zero-order valence-electron chi connectivity index (χ0n) is 13.7. The quantitative estimate of drug-likeness (QED) is 0.394. The van der Waals surface area contributed by atoms with E-state index in [4.69, 9.17) is 8.83 Å². The van der Waals surface area contributed by atoms with Crippen molar-refractivity contribution in [3.8, 4) is 21.5 Å². The van der Waals surface area contributed by atoms with Crippen LogP contribution in [0.5, 0.6) is 0 Å². The fraction of sp³-hybridized carbons (Fsp3) is 0.100. The van der Waals surface area contributed by atoms with Crippen LogP contribution in [0.2, 0.25) is 0 Å². The first kappa shape index (κ1) is 14.4. The zero-order chi connectivity index (χ0) is 17.0. The van der Waals surface area contributed by atoms with Crippen LogP contribution in [0.15, 0.2) is 57.4 Å². The van der Waals surface area contributed by atoms with Gasteiger partial charge in [0.25, 0.3) is 0 Å². The van der Waals surface area contributed by atoms with E-state index in [1.54, 1.807) is 11.3 Å². The van der Waals surface area contributed by atoms with E-state index in [9.17, 15) is 0 Å². The van der Waals surface area contributed by atoms with Gasteiger partial charge < -0.3 is 8.83 Å². The second-order valence-electron chi connectivity index (χ2n) is 6.05. The predicted molar refractivity (Wildman–Crippen MR) is 99.8 cm³/mol. The monoisotopic (exact) mass is 346 g/mol. The number of benzene rings is 2. The maximum atomic E-state index is 5.96. The first-order valence-electron chi connectivity index (χ1n) is 8.02. The van der Waals surface area contributed by atoms with Gasteiger partial charge in [0.05, 0.1) is 9.75 Å². The molecular weight excluding hydrogens is 332 g/mol. The van der Waals surface area contributed by atoms with Crippen molar-refractivity contribution in [3.05, 3.63) is 59.7 Å². The first-order valence-corrected chi connectivity index (χ1v) is 8.83. The van der Waals surface area contributed by atoms with Gasteiger partial charge >= 0.3 is 0 Å². The average molecular weight is 346 g/mol. The van der Waals surface area contributed by atoms with Crippen LogP contribution in [0.4, 0.5) is 0 Å². The summed E-state index contributed by atoms with van der Waals surface area (Å²) in [5.74, 6) is 1.26. The standard InChI is InChI=1S/C20H14N2O2S/c1-11-5-3-7-13-17(11)23-19(21-13)15-9-10-16(25-15)20-22-14-8-4-6-12(2)18(14)24-20/h3-10H,1-2H3. The third kappa shape index (κ3) is 2.27. The lowest BCUT2D eigenvalue weighted by Gasteiger charge is -1.90. The van der Waals surface area contributed by atoms with E-state index in [0.29, 0.717) is 11.8 Å². The van der Waals surface area contributed by atoms with Gasteiger partial charge in [0, 0.05) is 0 Å². The minimum absolute atomic E-state index is 0.632. The molecule has 25 heavy (non-hydrogen) atoms. The Morgan fingerprint density at radius 1 is 0.680 bits per heavy atom. The highest BCUT2D eigenvalue weighted by Gasteiger charge is 2.16. The molecule has 0 bridgehead atoms. The van der Waals surface area contributed by atoms with E-state index in [-0.39, 0.29) is 0 Å². The smallest absolute Gasteiger partial charge is 0.237 e. The largest absolute Gasteiger partial charge is 0.435 e. The van der Waals surface area contributed by atoms with E-state index >= 15 is 0 Å². The van der Waals surface area contributed by atoms with Crippen molar-refractivity contribution in [2.75, 3.05) is 0 Å². The van der Waals surface area contributed by atoms with Gasteiger partial charge in [-0.05, 0) is 49.2 Å². The molecule has 0 saturated heterocycles. The number of fused-ring (bicyclic) bond motifs is 2. The third-order valence-corrected chi connectivity index (χ3v) is 5.31. The molecule has 0 aliphatic heterocycles. The van der Waals surface area contributed by atoms with Crippen LogP contribution in [-0.4, -0.2) is 9.97 Å². The van der Waals surface area contributed by atoms with Crippen molar-refractivity contribution < 1.29 is 8.83 Å². The van der Waals surface area contributed by atoms with Crippen molar-refractivity contribution in [1.29, 1.82) is 0 Å². The number of nitrogens with zero attached hydrogens (tertiary/aromatic N) is 2. The number of hydrogen-bond donors (Lipinski definition) is 0. The summed E-state index contributed by atoms with van der Waals surface area (Å²) in [5.41, 5.74) is 5.60. The second-order valence-corrected chi connectivity index (χ2v) is 7.13. The van der Waals surface area contributed by atoms with Crippen molar-refractivity contribution in [2.45, 2.75) is 13.8 Å². The molecule has 122 valence electrons. The Labute approximate surface area is 147 Å². The molecule has 0 saturated carbocycles. The van der Waals surface area contributed by atoms with Crippen molar-refractivity contribution >= 4 is 33.5 Å². The first-order chi connectivity index (χ1) is 12.2. The van der Waals surface area contributed by atoms with Crippen molar-refractivity contribution in [2.24, 2.45) is 0 Å². The predicted octanol–water partition coefficient (Wildman–Crippen LogP) is 5.98. The molecule has 5 aromatic rings. The van der Waals surface area contributed by atoms with E-state index in [0.717, 1.165) is 43.1 Å². The normalized spacial score (nSPS) is 11.6. The maximum absolute atomic E-state index is 5.96. The summed E-state index contributed by atoms with van der Waals surface area (Å²) in [6.45, 7) is 4.05. The molecule has 0 unspecified atom stereocenters. The van der Waals surface area contributed by atoms with Gasteiger partial charge in [-0.2, -0.15) is 0 Å². The number of para-hydroxylation sites is 2. The van der Waals surface area contributed by atoms with Crippen LogP contribution in [0.25, 0.3) is 43.7 Å². The molecule has 0 atom stereocenters. The molecule has 5 heteroatoms. The number of thiophene rings is 1. The third-order valence-electron chi connectivity index (χ3n) is 4.25. The van der Waals surface area contributed by atoms with Gasteiger partial charge in [0.15, 0.2) is 11.2 Å². The van der Waals surface area contributed by atoms with Crippen LogP contribution in [0.1, 0.15) is 11.1 Å². The molecule has 0 N–H and O–H groups in total. The van der Waals surface area contributed by atoms with Gasteiger partial charge in [-0.25, -0.2) is 9.97 Å². The lowest BCUT2D eigenvalue weighted by atomic mass is 10.2. The zero-order valence-corrected chi connectivity index (χ0v) is 14.6. The Bertz CT molecular complexity index is 1130. The van der Waals surface area contributed by atoms with Crippen LogP contribution in [0, 0.1) is 13.8 Å². The number of rotatable bonds is 2. The Morgan fingerprint density at radius 2 is 1.16 bits per heavy atom. The Balaban J connectivity index is 1.59. The van der Waals surface area contributed by atoms with E-state index in [2.05, 4.69) is 9.97 Å². The second kappa shape index (κ2) is 5.29. The van der Waals surface area contributed by atoms with Crippen molar-refractivity contribution in [1.82, 2.24) is 9.97 Å². The van der Waals surface area contributed by atoms with E-state index in [1.807, 2.05) is 62.4 Å². The Morgan fingerprint density at radius 3 is 1.60 bits per heavy atom. The van der Waals surface area contributed by atoms with Gasteiger partial charge in [0.1, 0.15) is 11.0 Å². The molecule has 5 rings (SSSR count). The summed E-state index contributed by atoms with van der Waals surface area (Å²) in [7, 11) is 0. The fourth-order valence-corrected chi connectivity index (χ4v) is 3.81. The number of hydrogen-bond acceptors (Lipinski definition) is 5. The van der Waals surface area contributed by atoms with Crippen molar-refractivity contribution in [3.63, 3.8) is 0 Å². The molecular formula is C20H14N2O2S. The summed E-state index contributed by atoms with van der Waals surface area (Å²) < 4.78 is 11.9. The van der Waals surface area contributed by atoms with E-state index in [1.165, 1.54) is 0 Å². The van der Waals surface area contributed by atoms with Gasteiger partial charge in [0.2, 0.25) is 11.8 Å². The molecule has 4 nitrogen and oxygen atoms in total. The van der Waals surface area contributed by atoms with Crippen LogP contribution in [-0.2, 0) is 0 Å². The van der Waals surface area contributed by atoms with Gasteiger partial charge in [-0.15, -0.1) is 11.3 Å². The summed E-state index contributed by atoms with van der Waals surface area (Å²) in [6, 6.07) is 16.0. The molecule has 0 spiro atoms. The summed E-state index contributed by atoms with van der Waals surface area (Å²) >= 11 is 1.57. The molecule has 2 aromatic carbocycles. The Kier molecular flexibility index (Phi) is 3.05. The highest BCUT2D eigenvalue weighted by Crippen LogP contribution is 2.36. The number of oxazole rings is 2. The molecule has 3 aromatic heterocycles. The molecule has 0 fully saturated rings. The van der Waals surface area contributed by atoms with Gasteiger partial charge in [-0.3, -0.25) is 0 Å². The van der Waals surface area contributed by atoms with Crippen LogP contribution < -0.4 is 0 Å².